The van der Waals surface area contributed by atoms with Gasteiger partial charge in [0.1, 0.15) is 0 Å². The van der Waals surface area contributed by atoms with E-state index in [1.165, 1.54) is 16.7 Å². The Balaban J connectivity index is 1.70. The van der Waals surface area contributed by atoms with Crippen LogP contribution < -0.4 is 11.1 Å². The molecule has 128 valence electrons. The van der Waals surface area contributed by atoms with Crippen LogP contribution in [-0.2, 0) is 4.74 Å². The summed E-state index contributed by atoms with van der Waals surface area (Å²) in [6.07, 6.45) is 0.938. The summed E-state index contributed by atoms with van der Waals surface area (Å²) in [4.78, 5) is 4.34. The molecular weight excluding hydrogens is 298 g/mol. The van der Waals surface area contributed by atoms with Crippen LogP contribution in [0, 0.1) is 13.8 Å². The van der Waals surface area contributed by atoms with Crippen molar-refractivity contribution in [3.05, 3.63) is 65.2 Å². The Morgan fingerprint density at radius 2 is 1.88 bits per heavy atom. The molecule has 0 saturated heterocycles. The Morgan fingerprint density at radius 1 is 1.12 bits per heavy atom. The van der Waals surface area contributed by atoms with Crippen molar-refractivity contribution in [2.24, 2.45) is 10.7 Å². The molecular formula is C20H27N3O. The van der Waals surface area contributed by atoms with Crippen molar-refractivity contribution in [2.45, 2.75) is 33.3 Å². The number of hydrogen-bond acceptors (Lipinski definition) is 2. The number of aliphatic imine (C=N–C) groups is 1. The molecule has 1 atom stereocenters. The van der Waals surface area contributed by atoms with Crippen molar-refractivity contribution in [1.82, 2.24) is 0 Å². The number of nitrogens with one attached hydrogen (secondary N) is 1. The topological polar surface area (TPSA) is 59.6 Å². The van der Waals surface area contributed by atoms with E-state index in [-0.39, 0.29) is 6.10 Å². The highest BCUT2D eigenvalue weighted by atomic mass is 16.5. The van der Waals surface area contributed by atoms with Crippen molar-refractivity contribution in [1.29, 1.82) is 0 Å². The molecule has 0 fully saturated rings. The molecule has 0 spiro atoms. The number of hydrogen-bond donors (Lipinski definition) is 2. The van der Waals surface area contributed by atoms with Gasteiger partial charge in [-0.05, 0) is 56.0 Å². The Bertz CT molecular complexity index is 668. The standard InChI is InChI=1S/C20H27N3O/c1-15-10-11-19(14-16(15)2)23-20(21)22-12-7-13-24-17(3)18-8-5-4-6-9-18/h4-6,8-11,14,17H,7,12-13H2,1-3H3,(H3,21,22,23). The lowest BCUT2D eigenvalue weighted by atomic mass is 10.1. The molecule has 2 aromatic carbocycles. The maximum atomic E-state index is 5.93. The Kier molecular flexibility index (Phi) is 6.82. The van der Waals surface area contributed by atoms with Crippen molar-refractivity contribution < 1.29 is 4.74 Å². The summed E-state index contributed by atoms with van der Waals surface area (Å²) in [6, 6.07) is 16.4. The van der Waals surface area contributed by atoms with Crippen molar-refractivity contribution in [3.63, 3.8) is 0 Å². The molecule has 2 aromatic rings. The van der Waals surface area contributed by atoms with Gasteiger partial charge in [-0.3, -0.25) is 4.99 Å². The molecule has 4 nitrogen and oxygen atoms in total. The molecule has 0 heterocycles. The first kappa shape index (κ1) is 18.0. The summed E-state index contributed by atoms with van der Waals surface area (Å²) in [7, 11) is 0. The Morgan fingerprint density at radius 3 is 2.58 bits per heavy atom. The van der Waals surface area contributed by atoms with Crippen LogP contribution in [0.4, 0.5) is 5.69 Å². The zero-order chi connectivity index (χ0) is 17.4. The van der Waals surface area contributed by atoms with E-state index in [1.54, 1.807) is 0 Å². The van der Waals surface area contributed by atoms with Crippen molar-refractivity contribution in [2.75, 3.05) is 18.5 Å². The molecule has 0 amide bonds. The molecule has 0 bridgehead atoms. The normalized spacial score (nSPS) is 12.9. The Labute approximate surface area is 144 Å². The van der Waals surface area contributed by atoms with Gasteiger partial charge in [-0.2, -0.15) is 0 Å². The number of benzene rings is 2. The van der Waals surface area contributed by atoms with E-state index in [4.69, 9.17) is 10.5 Å². The van der Waals surface area contributed by atoms with E-state index < -0.39 is 0 Å². The maximum Gasteiger partial charge on any atom is 0.193 e. The first-order valence-electron chi connectivity index (χ1n) is 8.37. The minimum absolute atomic E-state index is 0.0983. The van der Waals surface area contributed by atoms with Gasteiger partial charge in [-0.1, -0.05) is 36.4 Å². The van der Waals surface area contributed by atoms with E-state index in [9.17, 15) is 0 Å². The second-order valence-electron chi connectivity index (χ2n) is 5.97. The molecule has 0 aliphatic carbocycles. The number of guanidine groups is 1. The zero-order valence-corrected chi connectivity index (χ0v) is 14.8. The van der Waals surface area contributed by atoms with E-state index >= 15 is 0 Å². The number of anilines is 1. The van der Waals surface area contributed by atoms with Crippen LogP contribution >= 0.6 is 0 Å². The van der Waals surface area contributed by atoms with Crippen LogP contribution in [-0.4, -0.2) is 19.1 Å². The van der Waals surface area contributed by atoms with E-state index in [0.29, 0.717) is 19.1 Å². The third-order valence-electron chi connectivity index (χ3n) is 4.00. The zero-order valence-electron chi connectivity index (χ0n) is 14.8. The summed E-state index contributed by atoms with van der Waals surface area (Å²) in [5.74, 6) is 0.439. The van der Waals surface area contributed by atoms with E-state index in [0.717, 1.165) is 12.1 Å². The molecule has 0 radical (unpaired) electrons. The molecule has 4 heteroatoms. The fraction of sp³-hybridized carbons (Fsp3) is 0.350. The first-order valence-corrected chi connectivity index (χ1v) is 8.37. The summed E-state index contributed by atoms with van der Waals surface area (Å²) >= 11 is 0. The second kappa shape index (κ2) is 9.08. The van der Waals surface area contributed by atoms with E-state index in [2.05, 4.69) is 55.3 Å². The minimum Gasteiger partial charge on any atom is -0.374 e. The molecule has 0 aliphatic heterocycles. The number of aryl methyl sites for hydroxylation is 2. The predicted octanol–water partition coefficient (Wildman–Crippen LogP) is 4.20. The summed E-state index contributed by atoms with van der Waals surface area (Å²) < 4.78 is 5.83. The highest BCUT2D eigenvalue weighted by Gasteiger charge is 2.04. The maximum absolute atomic E-state index is 5.93. The molecule has 0 aliphatic rings. The van der Waals surface area contributed by atoms with Gasteiger partial charge in [0.2, 0.25) is 0 Å². The van der Waals surface area contributed by atoms with Crippen LogP contribution in [0.3, 0.4) is 0 Å². The first-order chi connectivity index (χ1) is 11.6. The van der Waals surface area contributed by atoms with Gasteiger partial charge in [-0.25, -0.2) is 0 Å². The SMILES string of the molecule is Cc1ccc(NC(N)=NCCCOC(C)c2ccccc2)cc1C. The average molecular weight is 325 g/mol. The van der Waals surface area contributed by atoms with Gasteiger partial charge in [0.15, 0.2) is 5.96 Å². The fourth-order valence-corrected chi connectivity index (χ4v) is 2.35. The second-order valence-corrected chi connectivity index (χ2v) is 5.97. The van der Waals surface area contributed by atoms with Gasteiger partial charge < -0.3 is 15.8 Å². The molecule has 2 rings (SSSR count). The lowest BCUT2D eigenvalue weighted by molar-refractivity contribution is 0.0652. The van der Waals surface area contributed by atoms with Gasteiger partial charge in [0.25, 0.3) is 0 Å². The summed E-state index contributed by atoms with van der Waals surface area (Å²) in [6.45, 7) is 7.54. The van der Waals surface area contributed by atoms with Crippen LogP contribution in [0.15, 0.2) is 53.5 Å². The number of nitrogens with zero attached hydrogens (tertiary/aromatic N) is 1. The van der Waals surface area contributed by atoms with Crippen molar-refractivity contribution in [3.8, 4) is 0 Å². The lowest BCUT2D eigenvalue weighted by Crippen LogP contribution is -2.23. The molecule has 0 saturated carbocycles. The van der Waals surface area contributed by atoms with Crippen molar-refractivity contribution >= 4 is 11.6 Å². The third-order valence-corrected chi connectivity index (χ3v) is 4.00. The van der Waals surface area contributed by atoms with Gasteiger partial charge >= 0.3 is 0 Å². The van der Waals surface area contributed by atoms with Crippen LogP contribution in [0.1, 0.15) is 36.1 Å². The predicted molar refractivity (Wildman–Crippen MR) is 101 cm³/mol. The minimum atomic E-state index is 0.0983. The Hall–Kier alpha value is -2.33. The number of nitrogens with two attached hydrogens (primary N) is 1. The fourth-order valence-electron chi connectivity index (χ4n) is 2.35. The van der Waals surface area contributed by atoms with Gasteiger partial charge in [-0.15, -0.1) is 0 Å². The van der Waals surface area contributed by atoms with Gasteiger partial charge in [0, 0.05) is 18.8 Å². The van der Waals surface area contributed by atoms with E-state index in [1.807, 2.05) is 24.3 Å². The van der Waals surface area contributed by atoms with Crippen LogP contribution in [0.25, 0.3) is 0 Å². The molecule has 0 aromatic heterocycles. The average Bonchev–Trinajstić information content (AvgIpc) is 2.58. The van der Waals surface area contributed by atoms with Gasteiger partial charge in [0.05, 0.1) is 6.10 Å². The molecule has 3 N–H and O–H groups in total. The quantitative estimate of drug-likeness (QED) is 0.456. The highest BCUT2D eigenvalue weighted by molar-refractivity contribution is 5.92. The monoisotopic (exact) mass is 325 g/mol. The lowest BCUT2D eigenvalue weighted by Gasteiger charge is -2.13. The largest absolute Gasteiger partial charge is 0.374 e. The van der Waals surface area contributed by atoms with Crippen LogP contribution in [0.5, 0.6) is 0 Å². The number of rotatable bonds is 7. The highest BCUT2D eigenvalue weighted by Crippen LogP contribution is 2.16. The summed E-state index contributed by atoms with van der Waals surface area (Å²) in [5.41, 5.74) is 10.6. The molecule has 1 unspecified atom stereocenters. The van der Waals surface area contributed by atoms with Crippen LogP contribution in [0.2, 0.25) is 0 Å². The third kappa shape index (κ3) is 5.70. The molecule has 24 heavy (non-hydrogen) atoms. The summed E-state index contributed by atoms with van der Waals surface area (Å²) in [5, 5.41) is 3.12. The smallest absolute Gasteiger partial charge is 0.193 e. The number of ether oxygens (including phenoxy) is 1.